The predicted octanol–water partition coefficient (Wildman–Crippen LogP) is 3.26. The lowest BCUT2D eigenvalue weighted by molar-refractivity contribution is 0.0678. The maximum atomic E-state index is 12.4. The number of phenols is 1. The number of phenolic OH excluding ortho intramolecular Hbond substituents is 1. The van der Waals surface area contributed by atoms with Crippen LogP contribution in [0.5, 0.6) is 5.75 Å². The summed E-state index contributed by atoms with van der Waals surface area (Å²) >= 11 is 5.77. The van der Waals surface area contributed by atoms with E-state index in [9.17, 15) is 9.90 Å². The van der Waals surface area contributed by atoms with E-state index in [1.165, 1.54) is 6.07 Å². The third kappa shape index (κ3) is 3.39. The van der Waals surface area contributed by atoms with E-state index >= 15 is 0 Å². The normalized spacial score (nSPS) is 10.7. The van der Waals surface area contributed by atoms with E-state index in [1.54, 1.807) is 23.1 Å². The number of carbonyl (C=O) groups is 1. The Bertz CT molecular complexity index is 391. The molecule has 0 heterocycles. The summed E-state index contributed by atoms with van der Waals surface area (Å²) in [7, 11) is 0. The molecule has 1 amide bonds. The number of nitrogens with zero attached hydrogens (tertiary/aromatic N) is 1. The molecule has 0 aliphatic carbocycles. The van der Waals surface area contributed by atoms with E-state index in [4.69, 9.17) is 11.6 Å². The van der Waals surface area contributed by atoms with Gasteiger partial charge in [-0.15, -0.1) is 11.6 Å². The second kappa shape index (κ2) is 7.27. The van der Waals surface area contributed by atoms with Gasteiger partial charge in [0.15, 0.2) is 0 Å². The molecule has 4 heteroatoms. The zero-order chi connectivity index (χ0) is 13.5. The van der Waals surface area contributed by atoms with Gasteiger partial charge in [-0.05, 0) is 25.0 Å². The molecule has 0 aromatic heterocycles. The van der Waals surface area contributed by atoms with Gasteiger partial charge in [-0.3, -0.25) is 4.79 Å². The highest BCUT2D eigenvalue weighted by molar-refractivity contribution is 6.18. The third-order valence-corrected chi connectivity index (χ3v) is 3.27. The first-order valence-corrected chi connectivity index (χ1v) is 6.84. The fraction of sp³-hybridized carbons (Fsp3) is 0.500. The van der Waals surface area contributed by atoms with Crippen molar-refractivity contribution in [2.75, 3.05) is 12.4 Å². The minimum absolute atomic E-state index is 0.0213. The molecule has 0 aliphatic rings. The van der Waals surface area contributed by atoms with Gasteiger partial charge in [-0.2, -0.15) is 0 Å². The fourth-order valence-electron chi connectivity index (χ4n) is 2.08. The van der Waals surface area contributed by atoms with Crippen molar-refractivity contribution < 1.29 is 9.90 Å². The van der Waals surface area contributed by atoms with E-state index in [2.05, 4.69) is 0 Å². The number of rotatable bonds is 6. The molecule has 1 N–H and O–H groups in total. The van der Waals surface area contributed by atoms with Gasteiger partial charge in [-0.1, -0.05) is 26.0 Å². The predicted molar refractivity (Wildman–Crippen MR) is 74.2 cm³/mol. The maximum absolute atomic E-state index is 12.4. The number of amides is 1. The van der Waals surface area contributed by atoms with Crippen molar-refractivity contribution >= 4 is 17.5 Å². The molecule has 3 nitrogen and oxygen atoms in total. The van der Waals surface area contributed by atoms with Gasteiger partial charge in [0.25, 0.3) is 5.91 Å². The van der Waals surface area contributed by atoms with Crippen LogP contribution in [0.25, 0.3) is 0 Å². The van der Waals surface area contributed by atoms with Crippen molar-refractivity contribution in [1.82, 2.24) is 4.90 Å². The zero-order valence-electron chi connectivity index (χ0n) is 10.9. The molecule has 0 fully saturated rings. The highest BCUT2D eigenvalue weighted by Crippen LogP contribution is 2.20. The SMILES string of the molecule is CCC(CC)N(CCCl)C(=O)c1ccccc1O. The van der Waals surface area contributed by atoms with E-state index in [-0.39, 0.29) is 17.7 Å². The topological polar surface area (TPSA) is 40.5 Å². The number of aromatic hydroxyl groups is 1. The Morgan fingerprint density at radius 3 is 2.44 bits per heavy atom. The van der Waals surface area contributed by atoms with Gasteiger partial charge in [-0.25, -0.2) is 0 Å². The van der Waals surface area contributed by atoms with Gasteiger partial charge in [0.2, 0.25) is 0 Å². The van der Waals surface area contributed by atoms with Gasteiger partial charge in [0, 0.05) is 18.5 Å². The van der Waals surface area contributed by atoms with E-state index in [0.717, 1.165) is 12.8 Å². The molecule has 0 spiro atoms. The summed E-state index contributed by atoms with van der Waals surface area (Å²) in [5.41, 5.74) is 0.342. The zero-order valence-corrected chi connectivity index (χ0v) is 11.7. The van der Waals surface area contributed by atoms with Crippen LogP contribution in [0.15, 0.2) is 24.3 Å². The number of benzene rings is 1. The minimum atomic E-state index is -0.151. The van der Waals surface area contributed by atoms with Gasteiger partial charge in [0.1, 0.15) is 5.75 Å². The summed E-state index contributed by atoms with van der Waals surface area (Å²) in [6.45, 7) is 4.60. The van der Waals surface area contributed by atoms with Crippen LogP contribution in [0.4, 0.5) is 0 Å². The number of carbonyl (C=O) groups excluding carboxylic acids is 1. The van der Waals surface area contributed by atoms with E-state index in [0.29, 0.717) is 18.0 Å². The van der Waals surface area contributed by atoms with E-state index < -0.39 is 0 Å². The Hall–Kier alpha value is -1.22. The van der Waals surface area contributed by atoms with Crippen molar-refractivity contribution in [1.29, 1.82) is 0 Å². The fourth-order valence-corrected chi connectivity index (χ4v) is 2.26. The van der Waals surface area contributed by atoms with Crippen LogP contribution in [0, 0.1) is 0 Å². The van der Waals surface area contributed by atoms with Crippen LogP contribution >= 0.6 is 11.6 Å². The number of alkyl halides is 1. The lowest BCUT2D eigenvalue weighted by Crippen LogP contribution is -2.41. The van der Waals surface area contributed by atoms with Crippen LogP contribution in [-0.4, -0.2) is 34.4 Å². The summed E-state index contributed by atoms with van der Waals surface area (Å²) in [6, 6.07) is 6.78. The Labute approximate surface area is 113 Å². The molecule has 1 aromatic carbocycles. The van der Waals surface area contributed by atoms with Crippen LogP contribution in [0.1, 0.15) is 37.0 Å². The standard InChI is InChI=1S/C14H20ClNO2/c1-3-11(4-2)16(10-9-15)14(18)12-7-5-6-8-13(12)17/h5-8,11,17H,3-4,9-10H2,1-2H3. The highest BCUT2D eigenvalue weighted by atomic mass is 35.5. The van der Waals surface area contributed by atoms with Crippen LogP contribution in [0.3, 0.4) is 0 Å². The van der Waals surface area contributed by atoms with Gasteiger partial charge >= 0.3 is 0 Å². The van der Waals surface area contributed by atoms with Crippen molar-refractivity contribution in [3.8, 4) is 5.75 Å². The minimum Gasteiger partial charge on any atom is -0.507 e. The number of para-hydroxylation sites is 1. The van der Waals surface area contributed by atoms with E-state index in [1.807, 2.05) is 13.8 Å². The van der Waals surface area contributed by atoms with Crippen molar-refractivity contribution in [3.05, 3.63) is 29.8 Å². The summed E-state index contributed by atoms with van der Waals surface area (Å²) in [5, 5.41) is 9.74. The number of hydrogen-bond donors (Lipinski definition) is 1. The summed E-state index contributed by atoms with van der Waals surface area (Å²) in [6.07, 6.45) is 1.76. The Morgan fingerprint density at radius 2 is 1.94 bits per heavy atom. The molecule has 100 valence electrons. The smallest absolute Gasteiger partial charge is 0.257 e. The molecule has 18 heavy (non-hydrogen) atoms. The average Bonchev–Trinajstić information content (AvgIpc) is 2.39. The van der Waals surface area contributed by atoms with Crippen LogP contribution in [0.2, 0.25) is 0 Å². The average molecular weight is 270 g/mol. The first-order chi connectivity index (χ1) is 8.65. The summed E-state index contributed by atoms with van der Waals surface area (Å²) in [4.78, 5) is 14.2. The lowest BCUT2D eigenvalue weighted by Gasteiger charge is -2.30. The highest BCUT2D eigenvalue weighted by Gasteiger charge is 2.23. The second-order valence-corrected chi connectivity index (χ2v) is 4.55. The molecule has 1 aromatic rings. The molecule has 0 radical (unpaired) electrons. The quantitative estimate of drug-likeness (QED) is 0.806. The Morgan fingerprint density at radius 1 is 1.33 bits per heavy atom. The molecular weight excluding hydrogens is 250 g/mol. The van der Waals surface area contributed by atoms with Gasteiger partial charge in [0.05, 0.1) is 5.56 Å². The molecule has 0 unspecified atom stereocenters. The monoisotopic (exact) mass is 269 g/mol. The molecule has 1 rings (SSSR count). The summed E-state index contributed by atoms with van der Waals surface area (Å²) < 4.78 is 0. The second-order valence-electron chi connectivity index (χ2n) is 4.17. The first-order valence-electron chi connectivity index (χ1n) is 6.30. The molecule has 0 atom stereocenters. The Balaban J connectivity index is 2.99. The first kappa shape index (κ1) is 14.8. The maximum Gasteiger partial charge on any atom is 0.257 e. The lowest BCUT2D eigenvalue weighted by atomic mass is 10.1. The molecule has 0 aliphatic heterocycles. The number of hydrogen-bond acceptors (Lipinski definition) is 2. The van der Waals surface area contributed by atoms with Crippen molar-refractivity contribution in [2.45, 2.75) is 32.7 Å². The van der Waals surface area contributed by atoms with Crippen molar-refractivity contribution in [2.24, 2.45) is 0 Å². The van der Waals surface area contributed by atoms with Crippen LogP contribution < -0.4 is 0 Å². The van der Waals surface area contributed by atoms with Crippen molar-refractivity contribution in [3.63, 3.8) is 0 Å². The Kier molecular flexibility index (Phi) is 5.99. The third-order valence-electron chi connectivity index (χ3n) is 3.10. The van der Waals surface area contributed by atoms with Crippen LogP contribution in [-0.2, 0) is 0 Å². The molecular formula is C14H20ClNO2. The number of halogens is 1. The van der Waals surface area contributed by atoms with Gasteiger partial charge < -0.3 is 10.0 Å². The largest absolute Gasteiger partial charge is 0.507 e. The molecule has 0 saturated heterocycles. The molecule has 0 bridgehead atoms. The summed E-state index contributed by atoms with van der Waals surface area (Å²) in [5.74, 6) is 0.269. The molecule has 0 saturated carbocycles.